The van der Waals surface area contributed by atoms with Crippen LogP contribution in [-0.4, -0.2) is 11.7 Å². The fourth-order valence-corrected chi connectivity index (χ4v) is 1.09. The first-order valence-electron chi connectivity index (χ1n) is 4.57. The molecule has 0 aromatic heterocycles. The molecule has 1 N–H and O–H groups in total. The molecular weight excluding hydrogens is 214 g/mol. The van der Waals surface area contributed by atoms with E-state index < -0.39 is 5.92 Å². The number of carbonyl (C=O) groups is 2. The highest BCUT2D eigenvalue weighted by molar-refractivity contribution is 6.30. The van der Waals surface area contributed by atoms with E-state index >= 15 is 0 Å². The van der Waals surface area contributed by atoms with Gasteiger partial charge in [-0.1, -0.05) is 11.6 Å². The lowest BCUT2D eigenvalue weighted by molar-refractivity contribution is -0.129. The van der Waals surface area contributed by atoms with E-state index in [9.17, 15) is 9.59 Å². The van der Waals surface area contributed by atoms with E-state index in [0.717, 1.165) is 0 Å². The zero-order valence-corrected chi connectivity index (χ0v) is 9.34. The van der Waals surface area contributed by atoms with Crippen LogP contribution in [0.15, 0.2) is 24.3 Å². The topological polar surface area (TPSA) is 46.2 Å². The van der Waals surface area contributed by atoms with Gasteiger partial charge in [-0.15, -0.1) is 0 Å². The average Bonchev–Trinajstić information content (AvgIpc) is 2.20. The Hall–Kier alpha value is -1.35. The van der Waals surface area contributed by atoms with Gasteiger partial charge < -0.3 is 5.32 Å². The Morgan fingerprint density at radius 3 is 2.27 bits per heavy atom. The number of nitrogens with one attached hydrogen (secondary N) is 1. The second kappa shape index (κ2) is 4.94. The van der Waals surface area contributed by atoms with Crippen molar-refractivity contribution in [2.45, 2.75) is 13.8 Å². The molecule has 1 aromatic carbocycles. The first kappa shape index (κ1) is 11.7. The van der Waals surface area contributed by atoms with Gasteiger partial charge in [0.2, 0.25) is 5.91 Å². The first-order chi connectivity index (χ1) is 7.00. The van der Waals surface area contributed by atoms with Crippen molar-refractivity contribution < 1.29 is 9.59 Å². The van der Waals surface area contributed by atoms with E-state index in [1.807, 2.05) is 0 Å². The summed E-state index contributed by atoms with van der Waals surface area (Å²) < 4.78 is 0. The average molecular weight is 226 g/mol. The number of hydrogen-bond donors (Lipinski definition) is 1. The van der Waals surface area contributed by atoms with Crippen molar-refractivity contribution in [2.75, 3.05) is 5.32 Å². The normalized spacial score (nSPS) is 11.9. The zero-order chi connectivity index (χ0) is 11.4. The van der Waals surface area contributed by atoms with Gasteiger partial charge in [0.05, 0.1) is 5.92 Å². The highest BCUT2D eigenvalue weighted by Gasteiger charge is 2.17. The Balaban J connectivity index is 2.66. The van der Waals surface area contributed by atoms with Crippen LogP contribution >= 0.6 is 11.6 Å². The van der Waals surface area contributed by atoms with E-state index in [1.165, 1.54) is 6.92 Å². The maximum Gasteiger partial charge on any atom is 0.234 e. The number of benzene rings is 1. The minimum Gasteiger partial charge on any atom is -0.325 e. The largest absolute Gasteiger partial charge is 0.325 e. The smallest absolute Gasteiger partial charge is 0.234 e. The molecule has 0 heterocycles. The summed E-state index contributed by atoms with van der Waals surface area (Å²) in [7, 11) is 0. The number of hydrogen-bond acceptors (Lipinski definition) is 2. The van der Waals surface area contributed by atoms with Crippen LogP contribution in [0.1, 0.15) is 13.8 Å². The van der Waals surface area contributed by atoms with Crippen molar-refractivity contribution >= 4 is 29.0 Å². The lowest BCUT2D eigenvalue weighted by Gasteiger charge is -2.08. The molecule has 0 saturated heterocycles. The summed E-state index contributed by atoms with van der Waals surface area (Å²) in [4.78, 5) is 22.4. The number of carbonyl (C=O) groups excluding carboxylic acids is 2. The van der Waals surface area contributed by atoms with Gasteiger partial charge in [-0.25, -0.2) is 0 Å². The number of Topliss-reactive ketones (excluding diaryl/α,β-unsaturated/α-hetero) is 1. The maximum absolute atomic E-state index is 11.5. The molecule has 0 spiro atoms. The van der Waals surface area contributed by atoms with Crippen LogP contribution in [0.25, 0.3) is 0 Å². The van der Waals surface area contributed by atoms with E-state index in [1.54, 1.807) is 31.2 Å². The van der Waals surface area contributed by atoms with Gasteiger partial charge >= 0.3 is 0 Å². The third-order valence-corrected chi connectivity index (χ3v) is 2.37. The van der Waals surface area contributed by atoms with Crippen LogP contribution in [-0.2, 0) is 9.59 Å². The Bertz CT molecular complexity index is 373. The minimum absolute atomic E-state index is 0.151. The predicted octanol–water partition coefficient (Wildman–Crippen LogP) is 2.50. The number of halogens is 1. The molecule has 1 amide bonds. The van der Waals surface area contributed by atoms with E-state index in [2.05, 4.69) is 5.32 Å². The molecule has 1 aromatic rings. The Morgan fingerprint density at radius 2 is 1.80 bits per heavy atom. The molecule has 0 bridgehead atoms. The third-order valence-electron chi connectivity index (χ3n) is 2.11. The SMILES string of the molecule is CC(=O)C(C)C(=O)Nc1ccc(Cl)cc1. The number of amides is 1. The molecule has 0 aliphatic rings. The molecule has 1 rings (SSSR count). The number of anilines is 1. The maximum atomic E-state index is 11.5. The van der Waals surface area contributed by atoms with Gasteiger partial charge in [0.15, 0.2) is 0 Å². The Labute approximate surface area is 93.4 Å². The lowest BCUT2D eigenvalue weighted by Crippen LogP contribution is -2.25. The van der Waals surface area contributed by atoms with Crippen molar-refractivity contribution in [1.29, 1.82) is 0 Å². The van der Waals surface area contributed by atoms with Crippen LogP contribution < -0.4 is 5.32 Å². The second-order valence-corrected chi connectivity index (χ2v) is 3.76. The second-order valence-electron chi connectivity index (χ2n) is 3.33. The van der Waals surface area contributed by atoms with Crippen molar-refractivity contribution in [3.8, 4) is 0 Å². The Kier molecular flexibility index (Phi) is 3.86. The highest BCUT2D eigenvalue weighted by Crippen LogP contribution is 2.14. The molecule has 0 aliphatic heterocycles. The summed E-state index contributed by atoms with van der Waals surface area (Å²) in [5, 5.41) is 3.24. The summed E-state index contributed by atoms with van der Waals surface area (Å²) in [5.74, 6) is -1.08. The van der Waals surface area contributed by atoms with Crippen LogP contribution in [0.3, 0.4) is 0 Å². The summed E-state index contributed by atoms with van der Waals surface area (Å²) in [6.07, 6.45) is 0. The molecule has 0 radical (unpaired) electrons. The van der Waals surface area contributed by atoms with E-state index in [4.69, 9.17) is 11.6 Å². The number of rotatable bonds is 3. The summed E-state index contributed by atoms with van der Waals surface area (Å²) in [5.41, 5.74) is 0.637. The third kappa shape index (κ3) is 3.36. The van der Waals surface area contributed by atoms with Crippen molar-refractivity contribution in [1.82, 2.24) is 0 Å². The quantitative estimate of drug-likeness (QED) is 0.804. The van der Waals surface area contributed by atoms with Gasteiger partial charge in [0.1, 0.15) is 5.78 Å². The zero-order valence-electron chi connectivity index (χ0n) is 8.58. The Morgan fingerprint density at radius 1 is 1.27 bits per heavy atom. The molecule has 3 nitrogen and oxygen atoms in total. The molecule has 1 atom stereocenters. The minimum atomic E-state index is -0.624. The standard InChI is InChI=1S/C11H12ClNO2/c1-7(8(2)14)11(15)13-10-5-3-9(12)4-6-10/h3-7H,1-2H3,(H,13,15). The van der Waals surface area contributed by atoms with Gasteiger partial charge in [0, 0.05) is 10.7 Å². The molecule has 4 heteroatoms. The monoisotopic (exact) mass is 225 g/mol. The molecule has 0 saturated carbocycles. The number of ketones is 1. The first-order valence-corrected chi connectivity index (χ1v) is 4.95. The molecule has 0 aliphatic carbocycles. The van der Waals surface area contributed by atoms with Crippen LogP contribution in [0.4, 0.5) is 5.69 Å². The van der Waals surface area contributed by atoms with Crippen LogP contribution in [0.5, 0.6) is 0 Å². The van der Waals surface area contributed by atoms with Gasteiger partial charge in [0.25, 0.3) is 0 Å². The molecule has 80 valence electrons. The molecule has 15 heavy (non-hydrogen) atoms. The van der Waals surface area contributed by atoms with Crippen LogP contribution in [0, 0.1) is 5.92 Å². The summed E-state index contributed by atoms with van der Waals surface area (Å²) >= 11 is 5.69. The van der Waals surface area contributed by atoms with Gasteiger partial charge in [-0.3, -0.25) is 9.59 Å². The van der Waals surface area contributed by atoms with Crippen LogP contribution in [0.2, 0.25) is 5.02 Å². The lowest BCUT2D eigenvalue weighted by atomic mass is 10.1. The van der Waals surface area contributed by atoms with E-state index in [0.29, 0.717) is 10.7 Å². The van der Waals surface area contributed by atoms with Crippen molar-refractivity contribution in [3.63, 3.8) is 0 Å². The molecule has 0 fully saturated rings. The summed E-state index contributed by atoms with van der Waals surface area (Å²) in [6, 6.07) is 6.73. The van der Waals surface area contributed by atoms with Gasteiger partial charge in [-0.2, -0.15) is 0 Å². The molecule has 1 unspecified atom stereocenters. The fraction of sp³-hybridized carbons (Fsp3) is 0.273. The highest BCUT2D eigenvalue weighted by atomic mass is 35.5. The molecular formula is C11H12ClNO2. The predicted molar refractivity (Wildman–Crippen MR) is 59.9 cm³/mol. The fourth-order valence-electron chi connectivity index (χ4n) is 0.968. The van der Waals surface area contributed by atoms with Crippen molar-refractivity contribution in [3.05, 3.63) is 29.3 Å². The van der Waals surface area contributed by atoms with Gasteiger partial charge in [-0.05, 0) is 38.1 Å². The van der Waals surface area contributed by atoms with Crippen molar-refractivity contribution in [2.24, 2.45) is 5.92 Å². The summed E-state index contributed by atoms with van der Waals surface area (Å²) in [6.45, 7) is 2.97. The van der Waals surface area contributed by atoms with E-state index in [-0.39, 0.29) is 11.7 Å².